The van der Waals surface area contributed by atoms with Crippen molar-refractivity contribution in [1.29, 1.82) is 0 Å². The third-order valence-corrected chi connectivity index (χ3v) is 3.92. The molecule has 0 fully saturated rings. The Labute approximate surface area is 151 Å². The molecular weight excluding hydrogens is 328 g/mol. The van der Waals surface area contributed by atoms with Crippen LogP contribution in [0.25, 0.3) is 0 Å². The molecule has 26 heavy (non-hydrogen) atoms. The summed E-state index contributed by atoms with van der Waals surface area (Å²) in [5, 5.41) is 6.99. The van der Waals surface area contributed by atoms with E-state index in [0.717, 1.165) is 11.3 Å². The van der Waals surface area contributed by atoms with E-state index < -0.39 is 0 Å². The minimum atomic E-state index is -0.357. The average Bonchev–Trinajstić information content (AvgIpc) is 2.65. The summed E-state index contributed by atoms with van der Waals surface area (Å²) in [7, 11) is 3.90. The fourth-order valence-electron chi connectivity index (χ4n) is 2.48. The smallest absolute Gasteiger partial charge is 0.276 e. The maximum atomic E-state index is 12.4. The zero-order chi connectivity index (χ0) is 18.5. The SMILES string of the molecule is CN(C)c1ccc(NC(=O)c2ccc(=O)n(Cc3ccccc3)n2)cc1. The van der Waals surface area contributed by atoms with E-state index in [1.165, 1.54) is 16.8 Å². The van der Waals surface area contributed by atoms with Crippen molar-refractivity contribution in [2.24, 2.45) is 0 Å². The third-order valence-electron chi connectivity index (χ3n) is 3.92. The van der Waals surface area contributed by atoms with Crippen LogP contribution in [0.15, 0.2) is 71.5 Å². The number of anilines is 2. The summed E-state index contributed by atoms with van der Waals surface area (Å²) < 4.78 is 1.29. The van der Waals surface area contributed by atoms with Gasteiger partial charge in [0.25, 0.3) is 11.5 Å². The molecule has 6 nitrogen and oxygen atoms in total. The molecule has 2 aromatic carbocycles. The van der Waals surface area contributed by atoms with E-state index in [1.807, 2.05) is 73.6 Å². The highest BCUT2D eigenvalue weighted by Gasteiger charge is 2.10. The van der Waals surface area contributed by atoms with Crippen molar-refractivity contribution in [2.75, 3.05) is 24.3 Å². The van der Waals surface area contributed by atoms with Gasteiger partial charge in [-0.25, -0.2) is 4.68 Å². The number of benzene rings is 2. The number of amides is 1. The Morgan fingerprint density at radius 3 is 2.35 bits per heavy atom. The van der Waals surface area contributed by atoms with Gasteiger partial charge in [-0.2, -0.15) is 5.10 Å². The van der Waals surface area contributed by atoms with E-state index in [0.29, 0.717) is 12.2 Å². The summed E-state index contributed by atoms with van der Waals surface area (Å²) in [6, 6.07) is 19.8. The number of carbonyl (C=O) groups is 1. The van der Waals surface area contributed by atoms with Crippen LogP contribution in [0.2, 0.25) is 0 Å². The van der Waals surface area contributed by atoms with Gasteiger partial charge < -0.3 is 10.2 Å². The van der Waals surface area contributed by atoms with Crippen molar-refractivity contribution in [3.8, 4) is 0 Å². The molecule has 0 atom stereocenters. The minimum absolute atomic E-state index is 0.192. The van der Waals surface area contributed by atoms with E-state index >= 15 is 0 Å². The van der Waals surface area contributed by atoms with Crippen molar-refractivity contribution in [3.63, 3.8) is 0 Å². The molecule has 1 aromatic heterocycles. The molecule has 0 unspecified atom stereocenters. The minimum Gasteiger partial charge on any atom is -0.378 e. The summed E-state index contributed by atoms with van der Waals surface area (Å²) in [6.07, 6.45) is 0. The molecule has 0 aliphatic carbocycles. The second-order valence-electron chi connectivity index (χ2n) is 6.10. The zero-order valence-electron chi connectivity index (χ0n) is 14.7. The Morgan fingerprint density at radius 1 is 1.00 bits per heavy atom. The van der Waals surface area contributed by atoms with Gasteiger partial charge in [-0.05, 0) is 35.9 Å². The number of aromatic nitrogens is 2. The average molecular weight is 348 g/mol. The van der Waals surface area contributed by atoms with Gasteiger partial charge >= 0.3 is 0 Å². The number of hydrogen-bond acceptors (Lipinski definition) is 4. The predicted molar refractivity (Wildman–Crippen MR) is 103 cm³/mol. The molecule has 6 heteroatoms. The maximum absolute atomic E-state index is 12.4. The predicted octanol–water partition coefficient (Wildman–Crippen LogP) is 2.61. The first-order valence-electron chi connectivity index (χ1n) is 8.24. The lowest BCUT2D eigenvalue weighted by Crippen LogP contribution is -2.26. The van der Waals surface area contributed by atoms with E-state index in [4.69, 9.17) is 0 Å². The van der Waals surface area contributed by atoms with Crippen molar-refractivity contribution in [1.82, 2.24) is 9.78 Å². The second-order valence-corrected chi connectivity index (χ2v) is 6.10. The molecule has 0 bridgehead atoms. The monoisotopic (exact) mass is 348 g/mol. The number of nitrogens with one attached hydrogen (secondary N) is 1. The molecule has 1 heterocycles. The lowest BCUT2D eigenvalue weighted by molar-refractivity contribution is 0.102. The van der Waals surface area contributed by atoms with Gasteiger partial charge in [-0.15, -0.1) is 0 Å². The zero-order valence-corrected chi connectivity index (χ0v) is 14.7. The Bertz CT molecular complexity index is 948. The molecule has 1 N–H and O–H groups in total. The van der Waals surface area contributed by atoms with E-state index in [2.05, 4.69) is 10.4 Å². The second kappa shape index (κ2) is 7.65. The summed E-state index contributed by atoms with van der Waals surface area (Å²) in [6.45, 7) is 0.318. The molecule has 0 spiro atoms. The van der Waals surface area contributed by atoms with Crippen LogP contribution in [0.5, 0.6) is 0 Å². The van der Waals surface area contributed by atoms with Gasteiger partial charge in [-0.3, -0.25) is 9.59 Å². The Morgan fingerprint density at radius 2 is 1.69 bits per heavy atom. The number of nitrogens with zero attached hydrogens (tertiary/aromatic N) is 3. The van der Waals surface area contributed by atoms with Gasteiger partial charge in [0.2, 0.25) is 0 Å². The molecule has 0 saturated heterocycles. The lowest BCUT2D eigenvalue weighted by Gasteiger charge is -2.13. The molecule has 3 aromatic rings. The standard InChI is InChI=1S/C20H20N4O2/c1-23(2)17-10-8-16(9-11-17)21-20(26)18-12-13-19(25)24(22-18)14-15-6-4-3-5-7-15/h3-13H,14H2,1-2H3,(H,21,26). The lowest BCUT2D eigenvalue weighted by atomic mass is 10.2. The Hall–Kier alpha value is -3.41. The molecular formula is C20H20N4O2. The van der Waals surface area contributed by atoms with Crippen LogP contribution < -0.4 is 15.8 Å². The highest BCUT2D eigenvalue weighted by molar-refractivity contribution is 6.02. The molecule has 1 amide bonds. The number of hydrogen-bond donors (Lipinski definition) is 1. The summed E-state index contributed by atoms with van der Waals surface area (Å²) in [4.78, 5) is 26.5. The normalized spacial score (nSPS) is 10.4. The van der Waals surface area contributed by atoms with Crippen LogP contribution in [0.3, 0.4) is 0 Å². The maximum Gasteiger partial charge on any atom is 0.276 e. The first kappa shape index (κ1) is 17.4. The molecule has 0 radical (unpaired) electrons. The summed E-state index contributed by atoms with van der Waals surface area (Å²) >= 11 is 0. The fraction of sp³-hybridized carbons (Fsp3) is 0.150. The fourth-order valence-corrected chi connectivity index (χ4v) is 2.48. The van der Waals surface area contributed by atoms with Crippen LogP contribution in [0.4, 0.5) is 11.4 Å². The van der Waals surface area contributed by atoms with Gasteiger partial charge in [0, 0.05) is 31.5 Å². The summed E-state index contributed by atoms with van der Waals surface area (Å²) in [5.41, 5.74) is 2.60. The Balaban J connectivity index is 1.77. The number of rotatable bonds is 5. The van der Waals surface area contributed by atoms with E-state index in [9.17, 15) is 9.59 Å². The molecule has 0 aliphatic heterocycles. The van der Waals surface area contributed by atoms with Crippen molar-refractivity contribution in [2.45, 2.75) is 6.54 Å². The topological polar surface area (TPSA) is 67.2 Å². The quantitative estimate of drug-likeness (QED) is 0.770. The van der Waals surface area contributed by atoms with E-state index in [1.54, 1.807) is 0 Å². The van der Waals surface area contributed by atoms with Crippen LogP contribution >= 0.6 is 0 Å². The largest absolute Gasteiger partial charge is 0.378 e. The van der Waals surface area contributed by atoms with Crippen LogP contribution in [-0.4, -0.2) is 29.8 Å². The van der Waals surface area contributed by atoms with Crippen LogP contribution in [0.1, 0.15) is 16.1 Å². The van der Waals surface area contributed by atoms with Gasteiger partial charge in [0.15, 0.2) is 0 Å². The summed E-state index contributed by atoms with van der Waals surface area (Å²) in [5.74, 6) is -0.357. The molecule has 132 valence electrons. The first-order valence-corrected chi connectivity index (χ1v) is 8.24. The third kappa shape index (κ3) is 4.16. The molecule has 3 rings (SSSR count). The van der Waals surface area contributed by atoms with Gasteiger partial charge in [0.1, 0.15) is 5.69 Å². The Kier molecular flexibility index (Phi) is 5.12. The van der Waals surface area contributed by atoms with E-state index in [-0.39, 0.29) is 17.2 Å². The van der Waals surface area contributed by atoms with Crippen molar-refractivity contribution in [3.05, 3.63) is 88.3 Å². The van der Waals surface area contributed by atoms with Crippen molar-refractivity contribution < 1.29 is 4.79 Å². The van der Waals surface area contributed by atoms with Crippen LogP contribution in [0, 0.1) is 0 Å². The number of carbonyl (C=O) groups excluding carboxylic acids is 1. The molecule has 0 saturated carbocycles. The highest BCUT2D eigenvalue weighted by Crippen LogP contribution is 2.16. The van der Waals surface area contributed by atoms with Crippen molar-refractivity contribution >= 4 is 17.3 Å². The van der Waals surface area contributed by atoms with Gasteiger partial charge in [0.05, 0.1) is 6.54 Å². The van der Waals surface area contributed by atoms with Crippen LogP contribution in [-0.2, 0) is 6.54 Å². The van der Waals surface area contributed by atoms with Gasteiger partial charge in [-0.1, -0.05) is 30.3 Å². The highest BCUT2D eigenvalue weighted by atomic mass is 16.2. The first-order chi connectivity index (χ1) is 12.5. The molecule has 0 aliphatic rings.